The molecule has 6 nitrogen and oxygen atoms in total. The van der Waals surface area contributed by atoms with Crippen LogP contribution in [0.2, 0.25) is 5.02 Å². The number of benzene rings is 2. The highest BCUT2D eigenvalue weighted by molar-refractivity contribution is 9.10. The van der Waals surface area contributed by atoms with Crippen LogP contribution >= 0.6 is 27.5 Å². The highest BCUT2D eigenvalue weighted by Crippen LogP contribution is 2.33. The van der Waals surface area contributed by atoms with Gasteiger partial charge in [-0.25, -0.2) is 0 Å². The molecule has 0 saturated carbocycles. The number of ether oxygens (including phenoxy) is 1. The molecule has 0 aliphatic heterocycles. The quantitative estimate of drug-likeness (QED) is 0.323. The van der Waals surface area contributed by atoms with E-state index in [9.17, 15) is 4.79 Å². The molecule has 2 aromatic carbocycles. The molecule has 1 amide bonds. The lowest BCUT2D eigenvalue weighted by Gasteiger charge is -2.08. The minimum atomic E-state index is -0.539. The van der Waals surface area contributed by atoms with Gasteiger partial charge < -0.3 is 25.1 Å². The lowest BCUT2D eigenvalue weighted by molar-refractivity contribution is -0.123. The van der Waals surface area contributed by atoms with Crippen molar-refractivity contribution in [3.63, 3.8) is 0 Å². The molecule has 8 heteroatoms. The van der Waals surface area contributed by atoms with Gasteiger partial charge >= 0.3 is 0 Å². The van der Waals surface area contributed by atoms with E-state index in [1.807, 2.05) is 30.3 Å². The Labute approximate surface area is 174 Å². The Bertz CT molecular complexity index is 1170. The van der Waals surface area contributed by atoms with E-state index < -0.39 is 12.5 Å². The molecule has 0 fully saturated rings. The summed E-state index contributed by atoms with van der Waals surface area (Å²) >= 11 is 9.82. The number of carbonyl (C=O) groups excluding carboxylic acids is 1. The van der Waals surface area contributed by atoms with Gasteiger partial charge in [-0.05, 0) is 30.3 Å². The first-order valence-corrected chi connectivity index (χ1v) is 9.82. The van der Waals surface area contributed by atoms with Crippen LogP contribution in [0.25, 0.3) is 33.2 Å². The van der Waals surface area contributed by atoms with Gasteiger partial charge in [0.25, 0.3) is 0 Å². The number of hydrogen-bond donors (Lipinski definition) is 4. The minimum absolute atomic E-state index is 0.251. The van der Waals surface area contributed by atoms with Crippen molar-refractivity contribution in [2.45, 2.75) is 0 Å². The van der Waals surface area contributed by atoms with Crippen LogP contribution in [0.1, 0.15) is 0 Å². The SMILES string of the molecule is O=C(CO)NCCOc1cc2[nH]c(-c3cc4ccc(Br)cc4[nH]3)cc2cc1Cl. The molecular weight excluding hydrogens is 446 g/mol. The van der Waals surface area contributed by atoms with Crippen molar-refractivity contribution < 1.29 is 14.6 Å². The van der Waals surface area contributed by atoms with E-state index in [4.69, 9.17) is 21.4 Å². The summed E-state index contributed by atoms with van der Waals surface area (Å²) in [5, 5.41) is 13.8. The highest BCUT2D eigenvalue weighted by Gasteiger charge is 2.11. The Morgan fingerprint density at radius 1 is 1.07 bits per heavy atom. The number of aromatic amines is 2. The van der Waals surface area contributed by atoms with E-state index in [1.165, 1.54) is 0 Å². The summed E-state index contributed by atoms with van der Waals surface area (Å²) in [4.78, 5) is 17.8. The van der Waals surface area contributed by atoms with Crippen molar-refractivity contribution in [2.75, 3.05) is 19.8 Å². The molecule has 4 aromatic rings. The van der Waals surface area contributed by atoms with Crippen molar-refractivity contribution in [1.82, 2.24) is 15.3 Å². The first-order chi connectivity index (χ1) is 13.5. The third-order valence-electron chi connectivity index (χ3n) is 4.37. The van der Waals surface area contributed by atoms with E-state index >= 15 is 0 Å². The third kappa shape index (κ3) is 3.87. The van der Waals surface area contributed by atoms with Crippen molar-refractivity contribution in [1.29, 1.82) is 0 Å². The van der Waals surface area contributed by atoms with Gasteiger partial charge in [0.15, 0.2) is 0 Å². The fraction of sp³-hybridized carbons (Fsp3) is 0.150. The number of nitrogens with one attached hydrogen (secondary N) is 3. The summed E-state index contributed by atoms with van der Waals surface area (Å²) in [6.45, 7) is -0.00153. The molecule has 0 saturated heterocycles. The van der Waals surface area contributed by atoms with Crippen LogP contribution in [0.5, 0.6) is 5.75 Å². The normalized spacial score (nSPS) is 11.2. The maximum Gasteiger partial charge on any atom is 0.245 e. The van der Waals surface area contributed by atoms with Gasteiger partial charge in [-0.2, -0.15) is 0 Å². The van der Waals surface area contributed by atoms with Gasteiger partial charge in [0.2, 0.25) is 5.91 Å². The topological polar surface area (TPSA) is 90.1 Å². The molecule has 2 aromatic heterocycles. The lowest BCUT2D eigenvalue weighted by Crippen LogP contribution is -2.30. The van der Waals surface area contributed by atoms with Crippen LogP contribution < -0.4 is 10.1 Å². The van der Waals surface area contributed by atoms with Crippen molar-refractivity contribution in [3.8, 4) is 17.1 Å². The Balaban J connectivity index is 1.57. The molecule has 0 spiro atoms. The molecular formula is C20H17BrClN3O3. The minimum Gasteiger partial charge on any atom is -0.490 e. The van der Waals surface area contributed by atoms with E-state index in [-0.39, 0.29) is 13.2 Å². The lowest BCUT2D eigenvalue weighted by atomic mass is 10.2. The fourth-order valence-corrected chi connectivity index (χ4v) is 3.63. The standard InChI is InChI=1S/C20H17BrClN3O3/c21-13-2-1-11-6-17(24-15(11)8-13)18-7-12-5-14(22)19(9-16(12)25-18)28-4-3-23-20(27)10-26/h1-2,5-9,24-26H,3-4,10H2,(H,23,27). The molecule has 0 bridgehead atoms. The van der Waals surface area contributed by atoms with E-state index in [0.717, 1.165) is 37.7 Å². The van der Waals surface area contributed by atoms with Crippen molar-refractivity contribution >= 4 is 55.2 Å². The number of aliphatic hydroxyl groups is 1. The summed E-state index contributed by atoms with van der Waals surface area (Å²) in [5.74, 6) is 0.0888. The molecule has 0 unspecified atom stereocenters. The maximum atomic E-state index is 11.0. The number of fused-ring (bicyclic) bond motifs is 2. The van der Waals surface area contributed by atoms with Gasteiger partial charge in [-0.15, -0.1) is 0 Å². The third-order valence-corrected chi connectivity index (χ3v) is 5.16. The van der Waals surface area contributed by atoms with Crippen LogP contribution in [-0.2, 0) is 4.79 Å². The monoisotopic (exact) mass is 461 g/mol. The van der Waals surface area contributed by atoms with Crippen LogP contribution in [0.4, 0.5) is 0 Å². The molecule has 144 valence electrons. The predicted molar refractivity (Wildman–Crippen MR) is 114 cm³/mol. The Morgan fingerprint density at radius 2 is 1.79 bits per heavy atom. The second-order valence-corrected chi connectivity index (χ2v) is 7.65. The van der Waals surface area contributed by atoms with Gasteiger partial charge in [0, 0.05) is 32.3 Å². The first kappa shape index (κ1) is 18.9. The Morgan fingerprint density at radius 3 is 2.54 bits per heavy atom. The van der Waals surface area contributed by atoms with Crippen LogP contribution in [-0.4, -0.2) is 40.7 Å². The summed E-state index contributed by atoms with van der Waals surface area (Å²) in [6, 6.07) is 13.9. The van der Waals surface area contributed by atoms with Gasteiger partial charge in [-0.1, -0.05) is 33.6 Å². The molecule has 0 radical (unpaired) electrons. The number of carbonyl (C=O) groups is 1. The van der Waals surface area contributed by atoms with Crippen LogP contribution in [0, 0.1) is 0 Å². The summed E-state index contributed by atoms with van der Waals surface area (Å²) in [7, 11) is 0. The van der Waals surface area contributed by atoms with Crippen molar-refractivity contribution in [3.05, 3.63) is 52.0 Å². The smallest absolute Gasteiger partial charge is 0.245 e. The second kappa shape index (κ2) is 7.87. The molecule has 0 aliphatic rings. The number of aromatic nitrogens is 2. The Hall–Kier alpha value is -2.48. The van der Waals surface area contributed by atoms with Gasteiger partial charge in [-0.3, -0.25) is 4.79 Å². The molecule has 4 N–H and O–H groups in total. The number of rotatable bonds is 6. The molecule has 0 aliphatic carbocycles. The zero-order valence-electron chi connectivity index (χ0n) is 14.7. The fourth-order valence-electron chi connectivity index (χ4n) is 3.04. The van der Waals surface area contributed by atoms with E-state index in [2.05, 4.69) is 43.3 Å². The Kier molecular flexibility index (Phi) is 5.30. The van der Waals surface area contributed by atoms with Crippen LogP contribution in [0.15, 0.2) is 46.9 Å². The maximum absolute atomic E-state index is 11.0. The zero-order valence-corrected chi connectivity index (χ0v) is 17.0. The average molecular weight is 463 g/mol. The second-order valence-electron chi connectivity index (χ2n) is 6.32. The number of amides is 1. The highest BCUT2D eigenvalue weighted by atomic mass is 79.9. The molecule has 28 heavy (non-hydrogen) atoms. The number of aliphatic hydroxyl groups excluding tert-OH is 1. The summed E-state index contributed by atoms with van der Waals surface area (Å²) in [6.07, 6.45) is 0. The molecule has 4 rings (SSSR count). The molecule has 0 atom stereocenters. The number of hydrogen-bond acceptors (Lipinski definition) is 3. The number of H-pyrrole nitrogens is 2. The average Bonchev–Trinajstić information content (AvgIpc) is 3.27. The van der Waals surface area contributed by atoms with Gasteiger partial charge in [0.05, 0.1) is 23.0 Å². The van der Waals surface area contributed by atoms with E-state index in [0.29, 0.717) is 10.8 Å². The molecule has 2 heterocycles. The first-order valence-electron chi connectivity index (χ1n) is 8.65. The summed E-state index contributed by atoms with van der Waals surface area (Å²) < 4.78 is 6.68. The zero-order chi connectivity index (χ0) is 19.7. The number of halogens is 2. The predicted octanol–water partition coefficient (Wildman–Crippen LogP) is 4.22. The van der Waals surface area contributed by atoms with E-state index in [1.54, 1.807) is 0 Å². The van der Waals surface area contributed by atoms with Crippen molar-refractivity contribution in [2.24, 2.45) is 0 Å². The van der Waals surface area contributed by atoms with Gasteiger partial charge in [0.1, 0.15) is 19.0 Å². The van der Waals surface area contributed by atoms with Crippen LogP contribution in [0.3, 0.4) is 0 Å². The summed E-state index contributed by atoms with van der Waals surface area (Å²) in [5.41, 5.74) is 3.88. The largest absolute Gasteiger partial charge is 0.490 e.